The van der Waals surface area contributed by atoms with E-state index in [1.807, 2.05) is 6.08 Å². The molecule has 0 radical (unpaired) electrons. The van der Waals surface area contributed by atoms with Crippen LogP contribution in [0.3, 0.4) is 0 Å². The van der Waals surface area contributed by atoms with Gasteiger partial charge in [-0.3, -0.25) is 14.4 Å². The second-order valence-electron chi connectivity index (χ2n) is 5.89. The van der Waals surface area contributed by atoms with Crippen LogP contribution in [0.2, 0.25) is 5.02 Å². The largest absolute Gasteiger partial charge is 0.338 e. The number of benzene rings is 1. The lowest BCUT2D eigenvalue weighted by atomic mass is 9.70. The number of hydrogen-bond donors (Lipinski definition) is 0. The van der Waals surface area contributed by atoms with Gasteiger partial charge in [0, 0.05) is 12.1 Å². The first-order chi connectivity index (χ1) is 10.5. The van der Waals surface area contributed by atoms with Crippen LogP contribution in [0.4, 0.5) is 5.69 Å². The minimum absolute atomic E-state index is 0.0946. The maximum absolute atomic E-state index is 12.8. The average molecular weight is 317 g/mol. The number of hydrogen-bond acceptors (Lipinski definition) is 3. The quantitative estimate of drug-likeness (QED) is 0.582. The third-order valence-corrected chi connectivity index (χ3v) is 5.05. The number of carbonyl (C=O) groups excluding carboxylic acids is 3. The number of anilines is 1. The van der Waals surface area contributed by atoms with E-state index in [1.165, 1.54) is 4.90 Å². The number of rotatable bonds is 1. The third kappa shape index (κ3) is 1.57. The summed E-state index contributed by atoms with van der Waals surface area (Å²) in [5.74, 6) is -2.29. The van der Waals surface area contributed by atoms with Crippen molar-refractivity contribution < 1.29 is 14.4 Å². The maximum atomic E-state index is 12.8. The zero-order valence-corrected chi connectivity index (χ0v) is 12.5. The number of piperidine rings is 1. The Balaban J connectivity index is 1.80. The van der Waals surface area contributed by atoms with Gasteiger partial charge in [-0.1, -0.05) is 29.8 Å². The molecule has 2 bridgehead atoms. The van der Waals surface area contributed by atoms with Crippen molar-refractivity contribution in [3.63, 3.8) is 0 Å². The van der Waals surface area contributed by atoms with Crippen LogP contribution in [0, 0.1) is 17.8 Å². The van der Waals surface area contributed by atoms with Crippen LogP contribution in [0.15, 0.2) is 36.4 Å². The standard InChI is InChI=1S/C16H13ClN2O3/c1-18-11-6-5-10(14(18)20)12-13(11)16(22)19(15(12)21)9-4-2-3-8(17)7-9/h2-7,10-13H,1H3/t10-,11-,12-,13+/m0/s1. The SMILES string of the molecule is CN1C(=O)[C@H]2C=C[C@H]1[C@H]1C(=O)N(c3cccc(Cl)c3)C(=O)[C@H]12. The minimum Gasteiger partial charge on any atom is -0.338 e. The fraction of sp³-hybridized carbons (Fsp3) is 0.312. The van der Waals surface area contributed by atoms with Gasteiger partial charge in [-0.2, -0.15) is 0 Å². The highest BCUT2D eigenvalue weighted by molar-refractivity contribution is 6.31. The van der Waals surface area contributed by atoms with Gasteiger partial charge >= 0.3 is 0 Å². The summed E-state index contributed by atoms with van der Waals surface area (Å²) in [4.78, 5) is 40.6. The highest BCUT2D eigenvalue weighted by Crippen LogP contribution is 2.46. The van der Waals surface area contributed by atoms with Crippen molar-refractivity contribution in [3.8, 4) is 0 Å². The summed E-state index contributed by atoms with van der Waals surface area (Å²) in [6.07, 6.45) is 3.63. The molecule has 2 saturated heterocycles. The zero-order chi connectivity index (χ0) is 15.6. The van der Waals surface area contributed by atoms with Crippen LogP contribution in [-0.2, 0) is 14.4 Å². The van der Waals surface area contributed by atoms with E-state index in [0.29, 0.717) is 10.7 Å². The first-order valence-electron chi connectivity index (χ1n) is 7.09. The number of amides is 3. The van der Waals surface area contributed by atoms with Gasteiger partial charge < -0.3 is 4.90 Å². The highest BCUT2D eigenvalue weighted by Gasteiger charge is 2.61. The molecule has 0 saturated carbocycles. The summed E-state index contributed by atoms with van der Waals surface area (Å²) < 4.78 is 0. The lowest BCUT2D eigenvalue weighted by Crippen LogP contribution is -2.57. The summed E-state index contributed by atoms with van der Waals surface area (Å²) >= 11 is 5.96. The Morgan fingerprint density at radius 2 is 1.73 bits per heavy atom. The maximum Gasteiger partial charge on any atom is 0.240 e. The van der Waals surface area contributed by atoms with Crippen LogP contribution in [-0.4, -0.2) is 35.7 Å². The van der Waals surface area contributed by atoms with Crippen molar-refractivity contribution >= 4 is 35.0 Å². The zero-order valence-electron chi connectivity index (χ0n) is 11.8. The summed E-state index contributed by atoms with van der Waals surface area (Å²) in [7, 11) is 1.68. The Morgan fingerprint density at radius 3 is 2.45 bits per heavy atom. The van der Waals surface area contributed by atoms with E-state index in [2.05, 4.69) is 0 Å². The predicted molar refractivity (Wildman–Crippen MR) is 80.1 cm³/mol. The lowest BCUT2D eigenvalue weighted by Gasteiger charge is -2.44. The van der Waals surface area contributed by atoms with Gasteiger partial charge in [0.15, 0.2) is 0 Å². The van der Waals surface area contributed by atoms with Gasteiger partial charge in [-0.05, 0) is 18.2 Å². The Labute approximate surface area is 132 Å². The molecule has 22 heavy (non-hydrogen) atoms. The van der Waals surface area contributed by atoms with Crippen molar-refractivity contribution in [1.82, 2.24) is 4.90 Å². The number of likely N-dealkylation sites (N-methyl/N-ethyl adjacent to an activating group) is 1. The second kappa shape index (κ2) is 4.43. The van der Waals surface area contributed by atoms with Crippen LogP contribution in [0.5, 0.6) is 0 Å². The average Bonchev–Trinajstić information content (AvgIpc) is 2.77. The van der Waals surface area contributed by atoms with Crippen molar-refractivity contribution in [2.45, 2.75) is 6.04 Å². The summed E-state index contributed by atoms with van der Waals surface area (Å²) in [5, 5.41) is 0.460. The molecule has 3 amide bonds. The monoisotopic (exact) mass is 316 g/mol. The number of carbonyl (C=O) groups is 3. The Kier molecular flexibility index (Phi) is 2.72. The van der Waals surface area contributed by atoms with Gasteiger partial charge in [0.2, 0.25) is 17.7 Å². The Morgan fingerprint density at radius 1 is 1.00 bits per heavy atom. The topological polar surface area (TPSA) is 57.7 Å². The van der Waals surface area contributed by atoms with Gasteiger partial charge in [-0.25, -0.2) is 4.90 Å². The van der Waals surface area contributed by atoms with Crippen molar-refractivity contribution in [1.29, 1.82) is 0 Å². The van der Waals surface area contributed by atoms with Gasteiger partial charge in [0.1, 0.15) is 0 Å². The summed E-state index contributed by atoms with van der Waals surface area (Å²) in [6, 6.07) is 6.31. The highest BCUT2D eigenvalue weighted by atomic mass is 35.5. The fourth-order valence-corrected chi connectivity index (χ4v) is 3.96. The molecule has 4 atom stereocenters. The van der Waals surface area contributed by atoms with Crippen molar-refractivity contribution in [2.75, 3.05) is 11.9 Å². The Bertz CT molecular complexity index is 745. The molecule has 2 fully saturated rings. The second-order valence-corrected chi connectivity index (χ2v) is 6.33. The minimum atomic E-state index is -0.592. The first-order valence-corrected chi connectivity index (χ1v) is 7.47. The number of halogens is 1. The van der Waals surface area contributed by atoms with Crippen LogP contribution in [0.25, 0.3) is 0 Å². The van der Waals surface area contributed by atoms with E-state index in [4.69, 9.17) is 11.6 Å². The molecule has 0 unspecified atom stereocenters. The van der Waals surface area contributed by atoms with E-state index in [-0.39, 0.29) is 23.8 Å². The van der Waals surface area contributed by atoms with E-state index in [1.54, 1.807) is 42.3 Å². The van der Waals surface area contributed by atoms with Crippen molar-refractivity contribution in [3.05, 3.63) is 41.4 Å². The lowest BCUT2D eigenvalue weighted by molar-refractivity contribution is -0.148. The molecular weight excluding hydrogens is 304 g/mol. The molecule has 0 aromatic heterocycles. The summed E-state index contributed by atoms with van der Waals surface area (Å²) in [6.45, 7) is 0. The third-order valence-electron chi connectivity index (χ3n) is 4.81. The van der Waals surface area contributed by atoms with Crippen LogP contribution < -0.4 is 4.90 Å². The molecule has 6 heteroatoms. The molecule has 0 spiro atoms. The number of nitrogens with zero attached hydrogens (tertiary/aromatic N) is 2. The molecule has 112 valence electrons. The van der Waals surface area contributed by atoms with Gasteiger partial charge in [-0.15, -0.1) is 0 Å². The molecule has 1 aliphatic carbocycles. The van der Waals surface area contributed by atoms with Gasteiger partial charge in [0.25, 0.3) is 0 Å². The fourth-order valence-electron chi connectivity index (χ4n) is 3.78. The van der Waals surface area contributed by atoms with Crippen LogP contribution in [0.1, 0.15) is 0 Å². The first kappa shape index (κ1) is 13.5. The molecule has 3 heterocycles. The smallest absolute Gasteiger partial charge is 0.240 e. The number of imide groups is 1. The summed E-state index contributed by atoms with van der Waals surface area (Å²) in [5.41, 5.74) is 0.464. The van der Waals surface area contributed by atoms with E-state index < -0.39 is 17.8 Å². The van der Waals surface area contributed by atoms with Gasteiger partial charge in [0.05, 0.1) is 29.5 Å². The van der Waals surface area contributed by atoms with Crippen molar-refractivity contribution in [2.24, 2.45) is 17.8 Å². The predicted octanol–water partition coefficient (Wildman–Crippen LogP) is 1.47. The molecule has 3 aliphatic heterocycles. The Hall–Kier alpha value is -2.14. The van der Waals surface area contributed by atoms with E-state index >= 15 is 0 Å². The molecule has 5 nitrogen and oxygen atoms in total. The van der Waals surface area contributed by atoms with E-state index in [0.717, 1.165) is 0 Å². The molecule has 1 aromatic carbocycles. The molecular formula is C16H13ClN2O3. The van der Waals surface area contributed by atoms with Crippen LogP contribution >= 0.6 is 11.6 Å². The normalized spacial score (nSPS) is 32.9. The molecule has 1 aromatic rings. The van der Waals surface area contributed by atoms with E-state index in [9.17, 15) is 14.4 Å². The molecule has 4 aliphatic rings. The molecule has 5 rings (SSSR count). The molecule has 0 N–H and O–H groups in total. The number of fused-ring (bicyclic) bond motifs is 1.